The molecule has 0 amide bonds. The van der Waals surface area contributed by atoms with Gasteiger partial charge in [0.25, 0.3) is 5.56 Å². The molecule has 5 rings (SSSR count). The number of carboxylic acid groups (broad SMARTS) is 1. The van der Waals surface area contributed by atoms with E-state index in [1.54, 1.807) is 16.4 Å². The van der Waals surface area contributed by atoms with Crippen molar-refractivity contribution in [3.05, 3.63) is 39.2 Å². The summed E-state index contributed by atoms with van der Waals surface area (Å²) in [6.07, 6.45) is -3.35. The number of hydrogen-bond acceptors (Lipinski definition) is 6. The second-order valence-corrected chi connectivity index (χ2v) is 10.2. The number of fused-ring (bicyclic) bond motifs is 1. The number of likely N-dealkylation sites (N-methyl/N-ethyl adjacent to an activating group) is 1. The maximum absolute atomic E-state index is 15.7. The highest BCUT2D eigenvalue weighted by molar-refractivity contribution is 5.91. The van der Waals surface area contributed by atoms with Crippen molar-refractivity contribution in [2.75, 3.05) is 51.2 Å². The number of hydrogen-bond donors (Lipinski definition) is 2. The van der Waals surface area contributed by atoms with Crippen molar-refractivity contribution in [3.8, 4) is 0 Å². The zero-order valence-electron chi connectivity index (χ0n) is 21.2. The molecular formula is C25H31F5N4O4. The van der Waals surface area contributed by atoms with Gasteiger partial charge in [-0.15, -0.1) is 0 Å². The first kappa shape index (κ1) is 28.2. The van der Waals surface area contributed by atoms with Gasteiger partial charge in [-0.25, -0.2) is 13.6 Å². The van der Waals surface area contributed by atoms with E-state index in [9.17, 15) is 23.1 Å². The highest BCUT2D eigenvalue weighted by Crippen LogP contribution is 2.42. The molecule has 1 aromatic heterocycles. The van der Waals surface area contributed by atoms with Gasteiger partial charge in [-0.2, -0.15) is 13.2 Å². The van der Waals surface area contributed by atoms with Gasteiger partial charge in [0.05, 0.1) is 17.3 Å². The number of rotatable bonds is 4. The van der Waals surface area contributed by atoms with Crippen LogP contribution in [0, 0.1) is 18.6 Å². The molecule has 0 spiro atoms. The number of β-amino-alcohol motifs (C(OH)–C–C–N with tert-alkyl or cyclic N) is 1. The van der Waals surface area contributed by atoms with Crippen LogP contribution < -0.4 is 10.5 Å². The van der Waals surface area contributed by atoms with E-state index in [1.807, 2.05) is 0 Å². The maximum Gasteiger partial charge on any atom is 0.490 e. The van der Waals surface area contributed by atoms with Crippen LogP contribution in [-0.4, -0.2) is 89.1 Å². The molecule has 0 radical (unpaired) electrons. The minimum Gasteiger partial charge on any atom is -0.475 e. The van der Waals surface area contributed by atoms with Crippen molar-refractivity contribution in [1.82, 2.24) is 14.4 Å². The third kappa shape index (κ3) is 5.79. The molecule has 38 heavy (non-hydrogen) atoms. The van der Waals surface area contributed by atoms with E-state index in [4.69, 9.17) is 9.90 Å². The predicted molar refractivity (Wildman–Crippen MR) is 130 cm³/mol. The molecule has 1 aliphatic carbocycles. The van der Waals surface area contributed by atoms with Crippen LogP contribution in [0.2, 0.25) is 0 Å². The first-order valence-corrected chi connectivity index (χ1v) is 12.5. The fourth-order valence-corrected chi connectivity index (χ4v) is 5.16. The average molecular weight is 547 g/mol. The largest absolute Gasteiger partial charge is 0.490 e. The van der Waals surface area contributed by atoms with E-state index in [-0.39, 0.29) is 29.2 Å². The molecule has 3 heterocycles. The molecule has 210 valence electrons. The number of anilines is 1. The Kier molecular flexibility index (Phi) is 8.01. The van der Waals surface area contributed by atoms with Crippen molar-refractivity contribution in [2.45, 2.75) is 51.1 Å². The minimum atomic E-state index is -5.08. The van der Waals surface area contributed by atoms with Gasteiger partial charge in [0.1, 0.15) is 0 Å². The number of nitrogens with zero attached hydrogens (tertiary/aromatic N) is 4. The molecule has 13 heteroatoms. The summed E-state index contributed by atoms with van der Waals surface area (Å²) in [6, 6.07) is 1.56. The number of aliphatic hydroxyl groups excluding tert-OH is 1. The van der Waals surface area contributed by atoms with E-state index < -0.39 is 29.9 Å². The summed E-state index contributed by atoms with van der Waals surface area (Å²) in [5, 5.41) is 17.3. The summed E-state index contributed by atoms with van der Waals surface area (Å²) in [4.78, 5) is 28.2. The van der Waals surface area contributed by atoms with Gasteiger partial charge >= 0.3 is 12.1 Å². The Bertz CT molecular complexity index is 1270. The number of carbonyl (C=O) groups is 1. The summed E-state index contributed by atoms with van der Waals surface area (Å²) >= 11 is 0. The van der Waals surface area contributed by atoms with Crippen molar-refractivity contribution < 1.29 is 37.0 Å². The SMILES string of the molecule is Cc1c(N2CC[C@H](O)C2)c(F)c(F)c2c(CN3CCN(C)CC3)cc(=O)n(C3CC3)c12.O=C(O)C(F)(F)F. The highest BCUT2D eigenvalue weighted by atomic mass is 19.4. The lowest BCUT2D eigenvalue weighted by Gasteiger charge is -2.33. The fourth-order valence-electron chi connectivity index (χ4n) is 5.16. The molecule has 1 aromatic carbocycles. The topological polar surface area (TPSA) is 89.3 Å². The number of aliphatic carboxylic acids is 1. The standard InChI is InChI=1S/C23H30F2N4O2.C2HF3O2/c1-14-22-19(20(24)21(25)23(14)28-6-5-17(30)13-28)15(11-18(31)29(22)16-3-4-16)12-27-9-7-26(2)8-10-27;3-2(4,5)1(6)7/h11,16-17,30H,3-10,12-13H2,1-2H3;(H,6,7)/t17-;/m0./s1. The molecule has 1 atom stereocenters. The highest BCUT2D eigenvalue weighted by Gasteiger charge is 2.38. The van der Waals surface area contributed by atoms with Crippen LogP contribution in [0.25, 0.3) is 10.9 Å². The second-order valence-electron chi connectivity index (χ2n) is 10.2. The van der Waals surface area contributed by atoms with Crippen LogP contribution in [0.5, 0.6) is 0 Å². The summed E-state index contributed by atoms with van der Waals surface area (Å²) in [7, 11) is 2.07. The lowest BCUT2D eigenvalue weighted by Crippen LogP contribution is -2.44. The Balaban J connectivity index is 0.000000426. The number of pyridine rings is 1. The molecule has 0 unspecified atom stereocenters. The van der Waals surface area contributed by atoms with Crippen molar-refractivity contribution >= 4 is 22.6 Å². The minimum absolute atomic E-state index is 0.0493. The molecule has 3 fully saturated rings. The lowest BCUT2D eigenvalue weighted by molar-refractivity contribution is -0.192. The maximum atomic E-state index is 15.7. The third-order valence-electron chi connectivity index (χ3n) is 7.29. The first-order chi connectivity index (χ1) is 17.8. The number of piperazine rings is 1. The van der Waals surface area contributed by atoms with E-state index >= 15 is 8.78 Å². The average Bonchev–Trinajstić information content (AvgIpc) is 3.58. The van der Waals surface area contributed by atoms with Gasteiger partial charge in [0, 0.05) is 68.9 Å². The zero-order valence-corrected chi connectivity index (χ0v) is 21.2. The summed E-state index contributed by atoms with van der Waals surface area (Å²) in [6.45, 7) is 6.44. The van der Waals surface area contributed by atoms with Crippen LogP contribution in [0.1, 0.15) is 36.4 Å². The predicted octanol–water partition coefficient (Wildman–Crippen LogP) is 2.87. The summed E-state index contributed by atoms with van der Waals surface area (Å²) in [5.74, 6) is -4.51. The van der Waals surface area contributed by atoms with E-state index in [0.717, 1.165) is 39.0 Å². The molecule has 2 saturated heterocycles. The van der Waals surface area contributed by atoms with Crippen LogP contribution in [-0.2, 0) is 11.3 Å². The third-order valence-corrected chi connectivity index (χ3v) is 7.29. The van der Waals surface area contributed by atoms with E-state index in [0.29, 0.717) is 36.2 Å². The van der Waals surface area contributed by atoms with Crippen LogP contribution in [0.15, 0.2) is 10.9 Å². The van der Waals surface area contributed by atoms with E-state index in [2.05, 4.69) is 16.8 Å². The molecule has 2 N–H and O–H groups in total. The number of halogens is 5. The lowest BCUT2D eigenvalue weighted by atomic mass is 10.0. The van der Waals surface area contributed by atoms with Crippen molar-refractivity contribution in [2.24, 2.45) is 0 Å². The van der Waals surface area contributed by atoms with Gasteiger partial charge in [-0.05, 0) is 38.8 Å². The molecule has 3 aliphatic rings. The van der Waals surface area contributed by atoms with Crippen LogP contribution >= 0.6 is 0 Å². The Morgan fingerprint density at radius 2 is 1.66 bits per heavy atom. The van der Waals surface area contributed by atoms with Gasteiger partial charge < -0.3 is 24.6 Å². The van der Waals surface area contributed by atoms with Crippen LogP contribution in [0.3, 0.4) is 0 Å². The van der Waals surface area contributed by atoms with E-state index in [1.165, 1.54) is 6.07 Å². The van der Waals surface area contributed by atoms with Gasteiger partial charge in [-0.3, -0.25) is 9.69 Å². The number of aryl methyl sites for hydroxylation is 1. The number of aromatic nitrogens is 1. The normalized spacial score (nSPS) is 21.1. The molecule has 1 saturated carbocycles. The zero-order chi connectivity index (χ0) is 27.9. The number of aliphatic hydroxyl groups is 1. The molecule has 2 aliphatic heterocycles. The summed E-state index contributed by atoms with van der Waals surface area (Å²) in [5.41, 5.74) is 1.73. The van der Waals surface area contributed by atoms with Crippen molar-refractivity contribution in [1.29, 1.82) is 0 Å². The quantitative estimate of drug-likeness (QED) is 0.571. The Hall–Kier alpha value is -2.77. The molecule has 0 bridgehead atoms. The Morgan fingerprint density at radius 3 is 2.16 bits per heavy atom. The Morgan fingerprint density at radius 1 is 1.05 bits per heavy atom. The smallest absolute Gasteiger partial charge is 0.475 e. The van der Waals surface area contributed by atoms with Gasteiger partial charge in [0.2, 0.25) is 0 Å². The second kappa shape index (κ2) is 10.8. The number of carboxylic acids is 1. The number of alkyl halides is 3. The molecule has 2 aromatic rings. The van der Waals surface area contributed by atoms with Gasteiger partial charge in [0.15, 0.2) is 11.6 Å². The first-order valence-electron chi connectivity index (χ1n) is 12.5. The monoisotopic (exact) mass is 546 g/mol. The van der Waals surface area contributed by atoms with Crippen molar-refractivity contribution in [3.63, 3.8) is 0 Å². The molecule has 8 nitrogen and oxygen atoms in total. The van der Waals surface area contributed by atoms with Gasteiger partial charge in [-0.1, -0.05) is 0 Å². The van der Waals surface area contributed by atoms with Crippen LogP contribution in [0.4, 0.5) is 27.6 Å². The fraction of sp³-hybridized carbons (Fsp3) is 0.600. The molecular weight excluding hydrogens is 515 g/mol. The Labute approximate surface area is 215 Å². The summed E-state index contributed by atoms with van der Waals surface area (Å²) < 4.78 is 64.5. The number of benzene rings is 1.